The van der Waals surface area contributed by atoms with Gasteiger partial charge in [0.25, 0.3) is 0 Å². The Kier molecular flexibility index (Phi) is 4.75. The molecule has 2 heterocycles. The first-order chi connectivity index (χ1) is 10.7. The summed E-state index contributed by atoms with van der Waals surface area (Å²) in [4.78, 5) is 4.49. The maximum atomic E-state index is 6.17. The van der Waals surface area contributed by atoms with E-state index in [4.69, 9.17) is 23.2 Å². The highest BCUT2D eigenvalue weighted by Gasteiger charge is 2.10. The maximum absolute atomic E-state index is 6.17. The lowest BCUT2D eigenvalue weighted by Crippen LogP contribution is -2.00. The highest BCUT2D eigenvalue weighted by molar-refractivity contribution is 6.36. The summed E-state index contributed by atoms with van der Waals surface area (Å²) in [6, 6.07) is 7.39. The lowest BCUT2D eigenvalue weighted by molar-refractivity contribution is 0.571. The summed E-state index contributed by atoms with van der Waals surface area (Å²) in [5.74, 6) is 1.56. The zero-order valence-corrected chi connectivity index (χ0v) is 13.3. The summed E-state index contributed by atoms with van der Waals surface area (Å²) in [6.07, 6.45) is 6.00. The monoisotopic (exact) mass is 335 g/mol. The average Bonchev–Trinajstić information content (AvgIpc) is 3.15. The van der Waals surface area contributed by atoms with Crippen molar-refractivity contribution < 1.29 is 0 Å². The fourth-order valence-corrected chi connectivity index (χ4v) is 2.76. The minimum atomic E-state index is 0.546. The van der Waals surface area contributed by atoms with Gasteiger partial charge in [-0.2, -0.15) is 10.2 Å². The molecule has 0 saturated carbocycles. The van der Waals surface area contributed by atoms with Gasteiger partial charge in [-0.25, -0.2) is 4.98 Å². The van der Waals surface area contributed by atoms with Crippen molar-refractivity contribution in [2.75, 3.05) is 0 Å². The Labute approximate surface area is 138 Å². The zero-order valence-electron chi connectivity index (χ0n) is 11.8. The Hall–Kier alpha value is -1.85. The van der Waals surface area contributed by atoms with Crippen molar-refractivity contribution in [2.45, 2.75) is 25.8 Å². The van der Waals surface area contributed by atoms with Crippen molar-refractivity contribution in [3.8, 4) is 0 Å². The van der Waals surface area contributed by atoms with Crippen molar-refractivity contribution in [1.82, 2.24) is 25.0 Å². The number of hydrogen-bond donors (Lipinski definition) is 1. The van der Waals surface area contributed by atoms with Gasteiger partial charge in [0.1, 0.15) is 5.82 Å². The highest BCUT2D eigenvalue weighted by Crippen LogP contribution is 2.25. The SMILES string of the molecule is Clc1cccc(Cl)c1Cc1nc(CCCn2cccn2)n[nH]1. The molecule has 0 aliphatic heterocycles. The number of benzene rings is 1. The molecule has 3 rings (SSSR count). The van der Waals surface area contributed by atoms with Gasteiger partial charge in [0, 0.05) is 41.8 Å². The summed E-state index contributed by atoms with van der Waals surface area (Å²) in [5, 5.41) is 12.6. The molecule has 0 aliphatic rings. The number of H-pyrrole nitrogens is 1. The summed E-state index contributed by atoms with van der Waals surface area (Å²) in [6.45, 7) is 0.854. The topological polar surface area (TPSA) is 59.4 Å². The van der Waals surface area contributed by atoms with Crippen LogP contribution in [0.3, 0.4) is 0 Å². The number of aryl methyl sites for hydroxylation is 2. The van der Waals surface area contributed by atoms with Crippen LogP contribution in [0.1, 0.15) is 23.6 Å². The standard InChI is InChI=1S/C15H15Cl2N5/c16-12-4-1-5-13(17)11(12)10-15-19-14(20-21-15)6-2-8-22-9-3-7-18-22/h1,3-5,7,9H,2,6,8,10H2,(H,19,20,21). The van der Waals surface area contributed by atoms with Gasteiger partial charge in [0.2, 0.25) is 0 Å². The van der Waals surface area contributed by atoms with Gasteiger partial charge in [-0.05, 0) is 30.2 Å². The van der Waals surface area contributed by atoms with Crippen LogP contribution in [0, 0.1) is 0 Å². The number of aromatic amines is 1. The number of halogens is 2. The molecule has 0 fully saturated rings. The van der Waals surface area contributed by atoms with Crippen LogP contribution in [0.15, 0.2) is 36.7 Å². The average molecular weight is 336 g/mol. The third kappa shape index (κ3) is 3.67. The molecule has 1 aromatic carbocycles. The lowest BCUT2D eigenvalue weighted by Gasteiger charge is -2.03. The van der Waals surface area contributed by atoms with Crippen LogP contribution >= 0.6 is 23.2 Å². The Balaban J connectivity index is 1.59. The quantitative estimate of drug-likeness (QED) is 0.749. The molecule has 0 amide bonds. The van der Waals surface area contributed by atoms with Gasteiger partial charge in [0.15, 0.2) is 5.82 Å². The Morgan fingerprint density at radius 1 is 1.14 bits per heavy atom. The Morgan fingerprint density at radius 3 is 2.68 bits per heavy atom. The highest BCUT2D eigenvalue weighted by atomic mass is 35.5. The second kappa shape index (κ2) is 6.94. The van der Waals surface area contributed by atoms with Gasteiger partial charge >= 0.3 is 0 Å². The van der Waals surface area contributed by atoms with Crippen LogP contribution in [-0.2, 0) is 19.4 Å². The minimum Gasteiger partial charge on any atom is -0.273 e. The van der Waals surface area contributed by atoms with Crippen LogP contribution in [0.2, 0.25) is 10.0 Å². The molecule has 7 heteroatoms. The fourth-order valence-electron chi connectivity index (χ4n) is 2.23. The normalized spacial score (nSPS) is 11.0. The summed E-state index contributed by atoms with van der Waals surface area (Å²) >= 11 is 12.3. The first kappa shape index (κ1) is 15.1. The van der Waals surface area contributed by atoms with Crippen molar-refractivity contribution in [2.24, 2.45) is 0 Å². The third-order valence-electron chi connectivity index (χ3n) is 3.33. The number of nitrogens with one attached hydrogen (secondary N) is 1. The van der Waals surface area contributed by atoms with Crippen LogP contribution in [0.5, 0.6) is 0 Å². The second-order valence-corrected chi connectivity index (χ2v) is 5.76. The van der Waals surface area contributed by atoms with Gasteiger partial charge in [-0.1, -0.05) is 29.3 Å². The van der Waals surface area contributed by atoms with E-state index in [0.717, 1.165) is 36.6 Å². The number of hydrogen-bond acceptors (Lipinski definition) is 3. The minimum absolute atomic E-state index is 0.546. The molecule has 0 bridgehead atoms. The van der Waals surface area contributed by atoms with Crippen molar-refractivity contribution in [3.63, 3.8) is 0 Å². The predicted molar refractivity (Wildman–Crippen MR) is 86.2 cm³/mol. The van der Waals surface area contributed by atoms with Gasteiger partial charge in [-0.15, -0.1) is 0 Å². The molecule has 3 aromatic rings. The van der Waals surface area contributed by atoms with Gasteiger partial charge in [-0.3, -0.25) is 9.78 Å². The Bertz CT molecular complexity index is 716. The molecule has 5 nitrogen and oxygen atoms in total. The van der Waals surface area contributed by atoms with E-state index in [1.807, 2.05) is 35.1 Å². The molecule has 1 N–H and O–H groups in total. The van der Waals surface area contributed by atoms with E-state index >= 15 is 0 Å². The molecular formula is C15H15Cl2N5. The molecular weight excluding hydrogens is 321 g/mol. The zero-order chi connectivity index (χ0) is 15.4. The molecule has 0 unspecified atom stereocenters. The van der Waals surface area contributed by atoms with E-state index < -0.39 is 0 Å². The summed E-state index contributed by atoms with van der Waals surface area (Å²) < 4.78 is 1.90. The molecule has 2 aromatic heterocycles. The largest absolute Gasteiger partial charge is 0.273 e. The molecule has 22 heavy (non-hydrogen) atoms. The van der Waals surface area contributed by atoms with Crippen molar-refractivity contribution >= 4 is 23.2 Å². The first-order valence-electron chi connectivity index (χ1n) is 7.03. The molecule has 0 radical (unpaired) electrons. The number of aromatic nitrogens is 5. The smallest absolute Gasteiger partial charge is 0.150 e. The first-order valence-corrected chi connectivity index (χ1v) is 7.78. The molecule has 0 spiro atoms. The van der Waals surface area contributed by atoms with E-state index in [0.29, 0.717) is 16.5 Å². The second-order valence-electron chi connectivity index (χ2n) is 4.95. The maximum Gasteiger partial charge on any atom is 0.150 e. The third-order valence-corrected chi connectivity index (χ3v) is 4.04. The molecule has 114 valence electrons. The van der Waals surface area contributed by atoms with Gasteiger partial charge < -0.3 is 0 Å². The van der Waals surface area contributed by atoms with Crippen molar-refractivity contribution in [3.05, 3.63) is 63.9 Å². The molecule has 0 saturated heterocycles. The van der Waals surface area contributed by atoms with E-state index in [9.17, 15) is 0 Å². The summed E-state index contributed by atoms with van der Waals surface area (Å²) in [7, 11) is 0. The lowest BCUT2D eigenvalue weighted by atomic mass is 10.1. The van der Waals surface area contributed by atoms with Gasteiger partial charge in [0.05, 0.1) is 0 Å². The summed E-state index contributed by atoms with van der Waals surface area (Å²) in [5.41, 5.74) is 0.866. The van der Waals surface area contributed by atoms with E-state index in [1.54, 1.807) is 6.20 Å². The Morgan fingerprint density at radius 2 is 1.95 bits per heavy atom. The number of rotatable bonds is 6. The molecule has 0 atom stereocenters. The fraction of sp³-hybridized carbons (Fsp3) is 0.267. The van der Waals surface area contributed by atoms with E-state index in [-0.39, 0.29) is 0 Å². The predicted octanol–water partition coefficient (Wildman–Crippen LogP) is 3.53. The van der Waals surface area contributed by atoms with Crippen LogP contribution in [-0.4, -0.2) is 25.0 Å². The molecule has 0 aliphatic carbocycles. The van der Waals surface area contributed by atoms with Crippen LogP contribution in [0.25, 0.3) is 0 Å². The van der Waals surface area contributed by atoms with Crippen LogP contribution in [0.4, 0.5) is 0 Å². The van der Waals surface area contributed by atoms with E-state index in [2.05, 4.69) is 20.3 Å². The number of nitrogens with zero attached hydrogens (tertiary/aromatic N) is 4. The van der Waals surface area contributed by atoms with Crippen molar-refractivity contribution in [1.29, 1.82) is 0 Å². The van der Waals surface area contributed by atoms with Crippen LogP contribution < -0.4 is 0 Å². The van der Waals surface area contributed by atoms with E-state index in [1.165, 1.54) is 0 Å².